The number of rotatable bonds is 7. The molecule has 1 fully saturated rings. The summed E-state index contributed by atoms with van der Waals surface area (Å²) >= 11 is 0. The molecular weight excluding hydrogens is 208 g/mol. The van der Waals surface area contributed by atoms with Crippen molar-refractivity contribution in [3.05, 3.63) is 0 Å². The molecule has 0 saturated carbocycles. The highest BCUT2D eigenvalue weighted by molar-refractivity contribution is 4.95. The summed E-state index contributed by atoms with van der Waals surface area (Å²) in [5.74, 6) is 0.870. The van der Waals surface area contributed by atoms with Crippen LogP contribution in [0, 0.1) is 5.92 Å². The van der Waals surface area contributed by atoms with E-state index in [0.29, 0.717) is 11.6 Å². The van der Waals surface area contributed by atoms with Crippen molar-refractivity contribution in [2.24, 2.45) is 5.92 Å². The van der Waals surface area contributed by atoms with Gasteiger partial charge in [0.15, 0.2) is 0 Å². The summed E-state index contributed by atoms with van der Waals surface area (Å²) in [4.78, 5) is 2.68. The van der Waals surface area contributed by atoms with Gasteiger partial charge in [0, 0.05) is 11.6 Å². The van der Waals surface area contributed by atoms with E-state index >= 15 is 0 Å². The van der Waals surface area contributed by atoms with Crippen LogP contribution in [-0.4, -0.2) is 36.6 Å². The molecule has 1 aliphatic heterocycles. The molecule has 0 spiro atoms. The largest absolute Gasteiger partial charge is 0.315 e. The number of likely N-dealkylation sites (N-methyl/N-ethyl adjacent to an activating group) is 1. The first-order valence-electron chi connectivity index (χ1n) is 7.48. The van der Waals surface area contributed by atoms with Gasteiger partial charge in [0.25, 0.3) is 0 Å². The van der Waals surface area contributed by atoms with Crippen LogP contribution < -0.4 is 5.32 Å². The second-order valence-electron chi connectivity index (χ2n) is 6.11. The summed E-state index contributed by atoms with van der Waals surface area (Å²) in [6.45, 7) is 12.1. The van der Waals surface area contributed by atoms with Crippen molar-refractivity contribution >= 4 is 0 Å². The highest BCUT2D eigenvalue weighted by Crippen LogP contribution is 2.29. The molecule has 0 aromatic heterocycles. The number of nitrogens with one attached hydrogen (secondary N) is 1. The van der Waals surface area contributed by atoms with Crippen molar-refractivity contribution in [3.63, 3.8) is 0 Å². The van der Waals surface area contributed by atoms with Crippen LogP contribution >= 0.6 is 0 Å². The minimum absolute atomic E-state index is 0.299. The Morgan fingerprint density at radius 1 is 1.12 bits per heavy atom. The van der Waals surface area contributed by atoms with Gasteiger partial charge in [0.05, 0.1) is 0 Å². The molecule has 102 valence electrons. The molecule has 0 bridgehead atoms. The quantitative estimate of drug-likeness (QED) is 0.735. The first-order chi connectivity index (χ1) is 8.06. The SMILES string of the molecule is CCC(CC)CC(NC)C(C)(C)N1CCCC1. The fraction of sp³-hybridized carbons (Fsp3) is 1.00. The molecule has 17 heavy (non-hydrogen) atoms. The zero-order valence-corrected chi connectivity index (χ0v) is 12.6. The topological polar surface area (TPSA) is 15.3 Å². The minimum Gasteiger partial charge on any atom is -0.315 e. The van der Waals surface area contributed by atoms with Crippen LogP contribution in [0.5, 0.6) is 0 Å². The molecular formula is C15H32N2. The van der Waals surface area contributed by atoms with E-state index in [4.69, 9.17) is 0 Å². The summed E-state index contributed by atoms with van der Waals surface area (Å²) in [7, 11) is 2.13. The Kier molecular flexibility index (Phi) is 5.94. The summed E-state index contributed by atoms with van der Waals surface area (Å²) < 4.78 is 0. The fourth-order valence-electron chi connectivity index (χ4n) is 3.23. The van der Waals surface area contributed by atoms with Gasteiger partial charge in [0.1, 0.15) is 0 Å². The smallest absolute Gasteiger partial charge is 0.0306 e. The normalized spacial score (nSPS) is 20.1. The van der Waals surface area contributed by atoms with E-state index in [-0.39, 0.29) is 0 Å². The van der Waals surface area contributed by atoms with Gasteiger partial charge in [-0.25, -0.2) is 0 Å². The van der Waals surface area contributed by atoms with E-state index in [2.05, 4.69) is 45.0 Å². The highest BCUT2D eigenvalue weighted by atomic mass is 15.2. The van der Waals surface area contributed by atoms with Crippen molar-refractivity contribution in [2.45, 2.75) is 71.4 Å². The minimum atomic E-state index is 0.299. The van der Waals surface area contributed by atoms with Gasteiger partial charge < -0.3 is 5.32 Å². The lowest BCUT2D eigenvalue weighted by Crippen LogP contribution is -2.56. The Morgan fingerprint density at radius 2 is 1.65 bits per heavy atom. The Morgan fingerprint density at radius 3 is 2.06 bits per heavy atom. The summed E-state index contributed by atoms with van der Waals surface area (Å²) in [6.07, 6.45) is 6.69. The van der Waals surface area contributed by atoms with E-state index in [1.807, 2.05) is 0 Å². The molecule has 1 saturated heterocycles. The molecule has 1 atom stereocenters. The highest BCUT2D eigenvalue weighted by Gasteiger charge is 2.36. The first-order valence-corrected chi connectivity index (χ1v) is 7.48. The van der Waals surface area contributed by atoms with Gasteiger partial charge in [-0.3, -0.25) is 4.90 Å². The van der Waals surface area contributed by atoms with Gasteiger partial charge in [-0.05, 0) is 59.2 Å². The maximum atomic E-state index is 3.58. The molecule has 2 nitrogen and oxygen atoms in total. The average molecular weight is 240 g/mol. The molecule has 2 heteroatoms. The van der Waals surface area contributed by atoms with Gasteiger partial charge in [-0.1, -0.05) is 26.7 Å². The van der Waals surface area contributed by atoms with E-state index < -0.39 is 0 Å². The fourth-order valence-corrected chi connectivity index (χ4v) is 3.23. The second kappa shape index (κ2) is 6.75. The molecule has 1 aliphatic rings. The Labute approximate surface area is 108 Å². The molecule has 1 heterocycles. The molecule has 1 unspecified atom stereocenters. The van der Waals surface area contributed by atoms with Crippen molar-refractivity contribution in [3.8, 4) is 0 Å². The lowest BCUT2D eigenvalue weighted by molar-refractivity contribution is 0.0964. The first kappa shape index (κ1) is 15.0. The van der Waals surface area contributed by atoms with E-state index in [1.165, 1.54) is 45.2 Å². The standard InChI is InChI=1S/C15H32N2/c1-6-13(7-2)12-14(16-5)15(3,4)17-10-8-9-11-17/h13-14,16H,6-12H2,1-5H3. The van der Waals surface area contributed by atoms with Crippen LogP contribution in [0.1, 0.15) is 59.8 Å². The average Bonchev–Trinajstić information content (AvgIpc) is 2.84. The van der Waals surface area contributed by atoms with Crippen molar-refractivity contribution < 1.29 is 0 Å². The monoisotopic (exact) mass is 240 g/mol. The third-order valence-corrected chi connectivity index (χ3v) is 4.85. The Bertz CT molecular complexity index is 203. The van der Waals surface area contributed by atoms with Crippen molar-refractivity contribution in [1.29, 1.82) is 0 Å². The molecule has 0 aliphatic carbocycles. The lowest BCUT2D eigenvalue weighted by Gasteiger charge is -2.43. The molecule has 0 amide bonds. The predicted molar refractivity (Wildman–Crippen MR) is 76.4 cm³/mol. The maximum Gasteiger partial charge on any atom is 0.0306 e. The third kappa shape index (κ3) is 3.69. The maximum absolute atomic E-state index is 3.58. The number of hydrogen-bond donors (Lipinski definition) is 1. The van der Waals surface area contributed by atoms with Crippen LogP contribution in [-0.2, 0) is 0 Å². The summed E-state index contributed by atoms with van der Waals surface area (Å²) in [5, 5.41) is 3.58. The zero-order valence-electron chi connectivity index (χ0n) is 12.6. The van der Waals surface area contributed by atoms with Crippen molar-refractivity contribution in [1.82, 2.24) is 10.2 Å². The van der Waals surface area contributed by atoms with Crippen LogP contribution in [0.3, 0.4) is 0 Å². The molecule has 0 radical (unpaired) electrons. The second-order valence-corrected chi connectivity index (χ2v) is 6.11. The molecule has 1 N–H and O–H groups in total. The number of likely N-dealkylation sites (tertiary alicyclic amines) is 1. The van der Waals surface area contributed by atoms with Crippen LogP contribution in [0.4, 0.5) is 0 Å². The van der Waals surface area contributed by atoms with Gasteiger partial charge in [0.2, 0.25) is 0 Å². The van der Waals surface area contributed by atoms with Crippen LogP contribution in [0.2, 0.25) is 0 Å². The molecule has 0 aromatic carbocycles. The third-order valence-electron chi connectivity index (χ3n) is 4.85. The Hall–Kier alpha value is -0.0800. The van der Waals surface area contributed by atoms with Gasteiger partial charge in [-0.15, -0.1) is 0 Å². The van der Waals surface area contributed by atoms with Gasteiger partial charge >= 0.3 is 0 Å². The number of hydrogen-bond acceptors (Lipinski definition) is 2. The summed E-state index contributed by atoms with van der Waals surface area (Å²) in [6, 6.07) is 0.616. The Balaban J connectivity index is 2.63. The van der Waals surface area contributed by atoms with Crippen LogP contribution in [0.25, 0.3) is 0 Å². The van der Waals surface area contributed by atoms with Crippen molar-refractivity contribution in [2.75, 3.05) is 20.1 Å². The molecule has 0 aromatic rings. The lowest BCUT2D eigenvalue weighted by atomic mass is 9.83. The predicted octanol–water partition coefficient (Wildman–Crippen LogP) is 3.28. The summed E-state index contributed by atoms with van der Waals surface area (Å²) in [5.41, 5.74) is 0.299. The van der Waals surface area contributed by atoms with E-state index in [0.717, 1.165) is 5.92 Å². The van der Waals surface area contributed by atoms with E-state index in [1.54, 1.807) is 0 Å². The van der Waals surface area contributed by atoms with Gasteiger partial charge in [-0.2, -0.15) is 0 Å². The number of nitrogens with zero attached hydrogens (tertiary/aromatic N) is 1. The van der Waals surface area contributed by atoms with E-state index in [9.17, 15) is 0 Å². The molecule has 1 rings (SSSR count). The van der Waals surface area contributed by atoms with Crippen LogP contribution in [0.15, 0.2) is 0 Å². The zero-order chi connectivity index (χ0) is 12.9.